The molecule has 3 nitrogen and oxygen atoms in total. The van der Waals surface area contributed by atoms with Gasteiger partial charge in [0.25, 0.3) is 0 Å². The normalized spacial score (nSPS) is 11.6. The summed E-state index contributed by atoms with van der Waals surface area (Å²) in [6, 6.07) is 7.03. The molecule has 106 valence electrons. The minimum absolute atomic E-state index is 0.143. The van der Waals surface area contributed by atoms with Crippen LogP contribution in [0, 0.1) is 11.6 Å². The van der Waals surface area contributed by atoms with Crippen molar-refractivity contribution >= 4 is 31.5 Å². The molecule has 0 aromatic heterocycles. The molecule has 20 heavy (non-hydrogen) atoms. The number of halogens is 3. The fourth-order valence-electron chi connectivity index (χ4n) is 1.69. The Hall–Kier alpha value is -1.47. The van der Waals surface area contributed by atoms with Crippen molar-refractivity contribution in [2.45, 2.75) is 10.6 Å². The highest BCUT2D eigenvalue weighted by Gasteiger charge is 2.21. The van der Waals surface area contributed by atoms with Crippen molar-refractivity contribution in [2.75, 3.05) is 5.73 Å². The van der Waals surface area contributed by atoms with Crippen LogP contribution >= 0.6 is 15.9 Å². The maximum Gasteiger partial charge on any atom is 0.185 e. The van der Waals surface area contributed by atoms with Gasteiger partial charge in [-0.05, 0) is 35.9 Å². The Morgan fingerprint density at radius 2 is 1.80 bits per heavy atom. The highest BCUT2D eigenvalue weighted by Crippen LogP contribution is 2.25. The molecule has 2 aromatic carbocycles. The van der Waals surface area contributed by atoms with Crippen molar-refractivity contribution in [3.63, 3.8) is 0 Å². The number of anilines is 1. The average Bonchev–Trinajstić information content (AvgIpc) is 2.32. The van der Waals surface area contributed by atoms with E-state index in [1.54, 1.807) is 0 Å². The van der Waals surface area contributed by atoms with Crippen LogP contribution in [-0.2, 0) is 15.6 Å². The van der Waals surface area contributed by atoms with E-state index >= 15 is 0 Å². The number of rotatable bonds is 3. The van der Waals surface area contributed by atoms with Crippen LogP contribution in [-0.4, -0.2) is 8.42 Å². The number of nitrogen functional groups attached to an aromatic ring is 1. The van der Waals surface area contributed by atoms with Gasteiger partial charge in [-0.15, -0.1) is 0 Å². The van der Waals surface area contributed by atoms with Crippen LogP contribution in [0.3, 0.4) is 0 Å². The second-order valence-electron chi connectivity index (χ2n) is 4.18. The van der Waals surface area contributed by atoms with E-state index in [1.807, 2.05) is 0 Å². The number of nitrogens with two attached hydrogens (primary N) is 1. The summed E-state index contributed by atoms with van der Waals surface area (Å²) in [6.07, 6.45) is 0. The SMILES string of the molecule is Nc1ccc(S(=O)(=O)Cc2ccc(F)cc2Br)c(F)c1. The summed E-state index contributed by atoms with van der Waals surface area (Å²) < 4.78 is 51.3. The van der Waals surface area contributed by atoms with Gasteiger partial charge >= 0.3 is 0 Å². The molecular formula is C13H10BrF2NO2S. The van der Waals surface area contributed by atoms with Crippen LogP contribution in [0.2, 0.25) is 0 Å². The summed E-state index contributed by atoms with van der Waals surface area (Å²) in [7, 11) is -3.88. The van der Waals surface area contributed by atoms with Crippen molar-refractivity contribution in [2.24, 2.45) is 0 Å². The first-order chi connectivity index (χ1) is 9.29. The largest absolute Gasteiger partial charge is 0.399 e. The zero-order chi connectivity index (χ0) is 14.9. The van der Waals surface area contributed by atoms with Crippen LogP contribution in [0.5, 0.6) is 0 Å². The van der Waals surface area contributed by atoms with Gasteiger partial charge in [0.2, 0.25) is 0 Å². The van der Waals surface area contributed by atoms with Gasteiger partial charge in [-0.25, -0.2) is 17.2 Å². The van der Waals surface area contributed by atoms with Crippen LogP contribution in [0.15, 0.2) is 45.8 Å². The van der Waals surface area contributed by atoms with E-state index < -0.39 is 32.1 Å². The Balaban J connectivity index is 2.41. The first-order valence-electron chi connectivity index (χ1n) is 5.51. The van der Waals surface area contributed by atoms with Crippen LogP contribution in [0.4, 0.5) is 14.5 Å². The lowest BCUT2D eigenvalue weighted by Gasteiger charge is -2.08. The predicted octanol–water partition coefficient (Wildman–Crippen LogP) is 3.28. The Labute approximate surface area is 123 Å². The fourth-order valence-corrected chi connectivity index (χ4v) is 3.82. The molecule has 0 aliphatic heterocycles. The summed E-state index contributed by atoms with van der Waals surface area (Å²) >= 11 is 3.08. The lowest BCUT2D eigenvalue weighted by Crippen LogP contribution is -2.08. The second-order valence-corrected chi connectivity index (χ2v) is 7.00. The summed E-state index contributed by atoms with van der Waals surface area (Å²) in [5.74, 6) is -1.82. The van der Waals surface area contributed by atoms with Crippen molar-refractivity contribution in [1.82, 2.24) is 0 Å². The highest BCUT2D eigenvalue weighted by atomic mass is 79.9. The van der Waals surface area contributed by atoms with Crippen molar-refractivity contribution in [1.29, 1.82) is 0 Å². The molecular weight excluding hydrogens is 352 g/mol. The van der Waals surface area contributed by atoms with E-state index in [9.17, 15) is 17.2 Å². The Kier molecular flexibility index (Phi) is 4.10. The zero-order valence-corrected chi connectivity index (χ0v) is 12.5. The summed E-state index contributed by atoms with van der Waals surface area (Å²) in [5, 5.41) is 0. The third-order valence-electron chi connectivity index (χ3n) is 2.65. The van der Waals surface area contributed by atoms with Crippen LogP contribution in [0.1, 0.15) is 5.56 Å². The van der Waals surface area contributed by atoms with Gasteiger partial charge < -0.3 is 5.73 Å². The first kappa shape index (κ1) is 14.9. The smallest absolute Gasteiger partial charge is 0.185 e. The van der Waals surface area contributed by atoms with E-state index in [4.69, 9.17) is 5.73 Å². The monoisotopic (exact) mass is 361 g/mol. The maximum absolute atomic E-state index is 13.7. The van der Waals surface area contributed by atoms with Gasteiger partial charge in [0.15, 0.2) is 9.84 Å². The third-order valence-corrected chi connectivity index (χ3v) is 5.08. The van der Waals surface area contributed by atoms with Crippen molar-refractivity contribution in [3.05, 3.63) is 58.1 Å². The summed E-state index contributed by atoms with van der Waals surface area (Å²) in [4.78, 5) is -0.428. The molecule has 0 bridgehead atoms. The van der Waals surface area contributed by atoms with Gasteiger partial charge in [-0.3, -0.25) is 0 Å². The Bertz CT molecular complexity index is 763. The molecule has 0 saturated heterocycles. The predicted molar refractivity (Wildman–Crippen MR) is 75.8 cm³/mol. The van der Waals surface area contributed by atoms with E-state index in [0.717, 1.165) is 24.3 Å². The standard InChI is InChI=1S/C13H10BrF2NO2S/c14-11-5-9(15)2-1-8(11)7-20(18,19)13-4-3-10(17)6-12(13)16/h1-6H,7,17H2. The third kappa shape index (κ3) is 3.16. The Morgan fingerprint density at radius 1 is 1.10 bits per heavy atom. The number of hydrogen-bond acceptors (Lipinski definition) is 3. The number of sulfone groups is 1. The molecule has 0 amide bonds. The zero-order valence-electron chi connectivity index (χ0n) is 10.1. The lowest BCUT2D eigenvalue weighted by molar-refractivity contribution is 0.566. The highest BCUT2D eigenvalue weighted by molar-refractivity contribution is 9.10. The maximum atomic E-state index is 13.7. The molecule has 0 radical (unpaired) electrons. The van der Waals surface area contributed by atoms with Gasteiger partial charge in [0, 0.05) is 10.2 Å². The van der Waals surface area contributed by atoms with Crippen LogP contribution < -0.4 is 5.73 Å². The number of hydrogen-bond donors (Lipinski definition) is 1. The quantitative estimate of drug-likeness (QED) is 0.853. The van der Waals surface area contributed by atoms with Gasteiger partial charge in [-0.2, -0.15) is 0 Å². The molecule has 0 spiro atoms. The summed E-state index contributed by atoms with van der Waals surface area (Å²) in [6.45, 7) is 0. The van der Waals surface area contributed by atoms with E-state index in [0.29, 0.717) is 10.0 Å². The average molecular weight is 362 g/mol. The number of benzene rings is 2. The molecule has 2 N–H and O–H groups in total. The molecule has 0 saturated carbocycles. The van der Waals surface area contributed by atoms with E-state index in [2.05, 4.69) is 15.9 Å². The minimum Gasteiger partial charge on any atom is -0.399 e. The lowest BCUT2D eigenvalue weighted by atomic mass is 10.2. The van der Waals surface area contributed by atoms with Gasteiger partial charge in [-0.1, -0.05) is 22.0 Å². The summed E-state index contributed by atoms with van der Waals surface area (Å²) in [5.41, 5.74) is 5.87. The molecule has 0 heterocycles. The van der Waals surface area contributed by atoms with E-state index in [1.165, 1.54) is 12.1 Å². The molecule has 0 aliphatic carbocycles. The van der Waals surface area contributed by atoms with Crippen LogP contribution in [0.25, 0.3) is 0 Å². The first-order valence-corrected chi connectivity index (χ1v) is 7.96. The Morgan fingerprint density at radius 3 is 2.40 bits per heavy atom. The molecule has 2 aromatic rings. The molecule has 0 fully saturated rings. The topological polar surface area (TPSA) is 60.2 Å². The molecule has 7 heteroatoms. The molecule has 0 unspecified atom stereocenters. The molecule has 2 rings (SSSR count). The molecule has 0 aliphatic rings. The minimum atomic E-state index is -3.88. The second kappa shape index (κ2) is 5.49. The van der Waals surface area contributed by atoms with Crippen molar-refractivity contribution in [3.8, 4) is 0 Å². The van der Waals surface area contributed by atoms with Gasteiger partial charge in [0.05, 0.1) is 5.75 Å². The van der Waals surface area contributed by atoms with E-state index in [-0.39, 0.29) is 5.69 Å². The fraction of sp³-hybridized carbons (Fsp3) is 0.0769. The molecule has 0 atom stereocenters. The van der Waals surface area contributed by atoms with Crippen molar-refractivity contribution < 1.29 is 17.2 Å². The van der Waals surface area contributed by atoms with Gasteiger partial charge in [0.1, 0.15) is 16.5 Å².